The Labute approximate surface area is 101 Å². The van der Waals surface area contributed by atoms with E-state index in [1.54, 1.807) is 0 Å². The maximum Gasteiger partial charge on any atom is 0.0645 e. The second kappa shape index (κ2) is 5.37. The molecule has 0 unspecified atom stereocenters. The topological polar surface area (TPSA) is 14.2 Å². The minimum Gasteiger partial charge on any atom is -0.380 e. The zero-order valence-corrected chi connectivity index (χ0v) is 10.2. The molecule has 0 aliphatic heterocycles. The molecule has 16 heavy (non-hydrogen) atoms. The van der Waals surface area contributed by atoms with Crippen LogP contribution in [0.5, 0.6) is 0 Å². The van der Waals surface area contributed by atoms with E-state index in [9.17, 15) is 0 Å². The van der Waals surface area contributed by atoms with Crippen molar-refractivity contribution in [3.63, 3.8) is 0 Å². The molecular weight excluding hydrogens is 222 g/mol. The zero-order chi connectivity index (χ0) is 11.4. The normalized spacial score (nSPS) is 11.1. The summed E-state index contributed by atoms with van der Waals surface area (Å²) < 4.78 is 7.66. The van der Waals surface area contributed by atoms with Gasteiger partial charge in [-0.25, -0.2) is 0 Å². The van der Waals surface area contributed by atoms with Crippen molar-refractivity contribution >= 4 is 22.5 Å². The molecule has 3 heteroatoms. The number of halogens is 1. The molecule has 0 bridgehead atoms. The first-order chi connectivity index (χ1) is 7.81. The average Bonchev–Trinajstić information content (AvgIpc) is 2.67. The van der Waals surface area contributed by atoms with Gasteiger partial charge < -0.3 is 9.30 Å². The molecule has 0 radical (unpaired) electrons. The van der Waals surface area contributed by atoms with Gasteiger partial charge in [-0.2, -0.15) is 0 Å². The quantitative estimate of drug-likeness (QED) is 0.723. The number of rotatable bonds is 5. The van der Waals surface area contributed by atoms with Crippen LogP contribution in [-0.2, 0) is 11.3 Å². The van der Waals surface area contributed by atoms with Crippen LogP contribution >= 0.6 is 11.6 Å². The molecule has 1 heterocycles. The van der Waals surface area contributed by atoms with E-state index in [-0.39, 0.29) is 0 Å². The predicted molar refractivity (Wildman–Crippen MR) is 68.1 cm³/mol. The number of benzene rings is 1. The SMILES string of the molecule is CCCOCCn1ccc2ccc(Cl)cc21. The fraction of sp³-hybridized carbons (Fsp3) is 0.385. The van der Waals surface area contributed by atoms with Crippen molar-refractivity contribution in [1.82, 2.24) is 4.57 Å². The third-order valence-corrected chi connectivity index (χ3v) is 2.80. The molecule has 1 aromatic heterocycles. The van der Waals surface area contributed by atoms with Crippen LogP contribution < -0.4 is 0 Å². The standard InChI is InChI=1S/C13H16ClNO/c1-2-8-16-9-7-15-6-5-11-3-4-12(14)10-13(11)15/h3-6,10H,2,7-9H2,1H3. The van der Waals surface area contributed by atoms with Crippen molar-refractivity contribution in [2.75, 3.05) is 13.2 Å². The Morgan fingerprint density at radius 2 is 2.12 bits per heavy atom. The molecule has 2 rings (SSSR count). The largest absolute Gasteiger partial charge is 0.380 e. The molecule has 0 atom stereocenters. The first-order valence-corrected chi connectivity index (χ1v) is 6.01. The van der Waals surface area contributed by atoms with Crippen molar-refractivity contribution in [3.8, 4) is 0 Å². The summed E-state index contributed by atoms with van der Waals surface area (Å²) in [5.41, 5.74) is 1.17. The fourth-order valence-corrected chi connectivity index (χ4v) is 1.93. The van der Waals surface area contributed by atoms with Gasteiger partial charge in [-0.1, -0.05) is 24.6 Å². The van der Waals surface area contributed by atoms with E-state index >= 15 is 0 Å². The van der Waals surface area contributed by atoms with Crippen LogP contribution in [-0.4, -0.2) is 17.8 Å². The van der Waals surface area contributed by atoms with Gasteiger partial charge in [-0.3, -0.25) is 0 Å². The molecule has 0 saturated carbocycles. The summed E-state index contributed by atoms with van der Waals surface area (Å²) in [5.74, 6) is 0. The molecule has 2 nitrogen and oxygen atoms in total. The molecule has 0 amide bonds. The second-order valence-electron chi connectivity index (χ2n) is 3.82. The van der Waals surface area contributed by atoms with Crippen LogP contribution in [0, 0.1) is 0 Å². The van der Waals surface area contributed by atoms with E-state index < -0.39 is 0 Å². The van der Waals surface area contributed by atoms with Gasteiger partial charge in [-0.15, -0.1) is 0 Å². The lowest BCUT2D eigenvalue weighted by atomic mass is 10.2. The third kappa shape index (κ3) is 2.57. The van der Waals surface area contributed by atoms with Gasteiger partial charge in [0.25, 0.3) is 0 Å². The second-order valence-corrected chi connectivity index (χ2v) is 4.26. The van der Waals surface area contributed by atoms with Crippen molar-refractivity contribution < 1.29 is 4.74 Å². The number of ether oxygens (including phenoxy) is 1. The Morgan fingerprint density at radius 1 is 1.25 bits per heavy atom. The molecule has 1 aromatic carbocycles. The Morgan fingerprint density at radius 3 is 2.94 bits per heavy atom. The highest BCUT2D eigenvalue weighted by Gasteiger charge is 2.01. The molecule has 0 saturated heterocycles. The van der Waals surface area contributed by atoms with Gasteiger partial charge in [0, 0.05) is 29.9 Å². The third-order valence-electron chi connectivity index (χ3n) is 2.56. The number of nitrogens with zero attached hydrogens (tertiary/aromatic N) is 1. The molecule has 0 spiro atoms. The summed E-state index contributed by atoms with van der Waals surface area (Å²) in [7, 11) is 0. The molecule has 86 valence electrons. The minimum absolute atomic E-state index is 0.754. The summed E-state index contributed by atoms with van der Waals surface area (Å²) in [6.07, 6.45) is 3.15. The van der Waals surface area contributed by atoms with Crippen LogP contribution in [0.25, 0.3) is 10.9 Å². The predicted octanol–water partition coefficient (Wildman–Crippen LogP) is 3.72. The number of hydrogen-bond acceptors (Lipinski definition) is 1. The van der Waals surface area contributed by atoms with Crippen LogP contribution in [0.3, 0.4) is 0 Å². The average molecular weight is 238 g/mol. The van der Waals surface area contributed by atoms with Crippen molar-refractivity contribution in [2.24, 2.45) is 0 Å². The Balaban J connectivity index is 2.09. The molecule has 0 fully saturated rings. The highest BCUT2D eigenvalue weighted by atomic mass is 35.5. The summed E-state index contributed by atoms with van der Waals surface area (Å²) in [4.78, 5) is 0. The van der Waals surface area contributed by atoms with Crippen molar-refractivity contribution in [3.05, 3.63) is 35.5 Å². The first kappa shape index (κ1) is 11.5. The minimum atomic E-state index is 0.754. The number of hydrogen-bond donors (Lipinski definition) is 0. The Kier molecular flexibility index (Phi) is 3.86. The van der Waals surface area contributed by atoms with Gasteiger partial charge in [-0.05, 0) is 30.0 Å². The lowest BCUT2D eigenvalue weighted by molar-refractivity contribution is 0.127. The fourth-order valence-electron chi connectivity index (χ4n) is 1.76. The van der Waals surface area contributed by atoms with E-state index in [1.807, 2.05) is 18.2 Å². The lowest BCUT2D eigenvalue weighted by Crippen LogP contribution is -2.05. The van der Waals surface area contributed by atoms with E-state index in [4.69, 9.17) is 16.3 Å². The maximum atomic E-state index is 5.99. The van der Waals surface area contributed by atoms with E-state index in [2.05, 4.69) is 23.8 Å². The Hall–Kier alpha value is -0.990. The summed E-state index contributed by atoms with van der Waals surface area (Å²) in [5, 5.41) is 2.00. The van der Waals surface area contributed by atoms with Gasteiger partial charge in [0.05, 0.1) is 6.61 Å². The summed E-state index contributed by atoms with van der Waals surface area (Å²) in [6, 6.07) is 8.06. The van der Waals surface area contributed by atoms with Crippen LogP contribution in [0.1, 0.15) is 13.3 Å². The van der Waals surface area contributed by atoms with E-state index in [0.717, 1.165) is 31.2 Å². The van der Waals surface area contributed by atoms with E-state index in [1.165, 1.54) is 10.9 Å². The lowest BCUT2D eigenvalue weighted by Gasteiger charge is -2.06. The molecule has 0 aliphatic carbocycles. The maximum absolute atomic E-state index is 5.99. The number of aromatic nitrogens is 1. The Bertz CT molecular complexity index is 464. The van der Waals surface area contributed by atoms with Crippen LogP contribution in [0.2, 0.25) is 5.02 Å². The van der Waals surface area contributed by atoms with Gasteiger partial charge >= 0.3 is 0 Å². The monoisotopic (exact) mass is 237 g/mol. The van der Waals surface area contributed by atoms with Gasteiger partial charge in [0.1, 0.15) is 0 Å². The molecular formula is C13H16ClNO. The van der Waals surface area contributed by atoms with Gasteiger partial charge in [0.15, 0.2) is 0 Å². The summed E-state index contributed by atoms with van der Waals surface area (Å²) >= 11 is 5.99. The van der Waals surface area contributed by atoms with Gasteiger partial charge in [0.2, 0.25) is 0 Å². The smallest absolute Gasteiger partial charge is 0.0645 e. The molecule has 2 aromatic rings. The highest BCUT2D eigenvalue weighted by molar-refractivity contribution is 6.31. The van der Waals surface area contributed by atoms with Crippen molar-refractivity contribution in [2.45, 2.75) is 19.9 Å². The highest BCUT2D eigenvalue weighted by Crippen LogP contribution is 2.20. The number of fused-ring (bicyclic) bond motifs is 1. The van der Waals surface area contributed by atoms with Crippen molar-refractivity contribution in [1.29, 1.82) is 0 Å². The van der Waals surface area contributed by atoms with Crippen LogP contribution in [0.15, 0.2) is 30.5 Å². The summed E-state index contributed by atoms with van der Waals surface area (Å²) in [6.45, 7) is 4.58. The zero-order valence-electron chi connectivity index (χ0n) is 9.45. The van der Waals surface area contributed by atoms with Crippen LogP contribution in [0.4, 0.5) is 0 Å². The van der Waals surface area contributed by atoms with E-state index in [0.29, 0.717) is 0 Å². The molecule has 0 N–H and O–H groups in total. The first-order valence-electron chi connectivity index (χ1n) is 5.63. The molecule has 0 aliphatic rings.